The number of hydrogen-bond acceptors (Lipinski definition) is 1. The average Bonchev–Trinajstić information content (AvgIpc) is 3.58. The molecular formula is C48H50AuN3O. The molecule has 6 rings (SSSR count). The molecule has 0 saturated carbocycles. The summed E-state index contributed by atoms with van der Waals surface area (Å²) in [6, 6.07) is 40.9. The first-order valence-electron chi connectivity index (χ1n) is 18.6. The molecule has 1 aromatic heterocycles. The molecule has 0 unspecified atom stereocenters. The van der Waals surface area contributed by atoms with Crippen LogP contribution in [0.25, 0.3) is 11.4 Å². The molecule has 0 bridgehead atoms. The molecule has 1 amide bonds. The first-order chi connectivity index (χ1) is 25.6. The van der Waals surface area contributed by atoms with Crippen molar-refractivity contribution in [3.63, 3.8) is 0 Å². The second kappa shape index (κ2) is 16.8. The monoisotopic (exact) mass is 881 g/mol. The topological polar surface area (TPSA) is 30.2 Å². The van der Waals surface area contributed by atoms with Gasteiger partial charge in [-0.25, -0.2) is 0 Å². The molecule has 0 aliphatic heterocycles. The Balaban J connectivity index is 1.53. The van der Waals surface area contributed by atoms with Crippen LogP contribution in [0.3, 0.4) is 0 Å². The van der Waals surface area contributed by atoms with Crippen molar-refractivity contribution in [2.75, 3.05) is 4.90 Å². The van der Waals surface area contributed by atoms with Crippen LogP contribution >= 0.6 is 0 Å². The van der Waals surface area contributed by atoms with Crippen molar-refractivity contribution in [1.82, 2.24) is 9.13 Å². The van der Waals surface area contributed by atoms with Crippen LogP contribution in [-0.4, -0.2) is 15.0 Å². The quantitative estimate of drug-likeness (QED) is 0.105. The van der Waals surface area contributed by atoms with Crippen LogP contribution < -0.4 is 4.90 Å². The van der Waals surface area contributed by atoms with Gasteiger partial charge in [-0.2, -0.15) is 0 Å². The van der Waals surface area contributed by atoms with Gasteiger partial charge < -0.3 is 0 Å². The SMILES string of the molecule is CC(C)c1cccc(C(C)C)c1-n1ccn(-c2c(C(C)C)cccc2C(C)C)[c]1=[Au][C]#Cc1cccc(C(=O)N(c2ccccc2)c2ccccc2)c1. The molecule has 0 aliphatic rings. The molecule has 0 N–H and O–H groups in total. The summed E-state index contributed by atoms with van der Waals surface area (Å²) in [6.45, 7) is 18.3. The van der Waals surface area contributed by atoms with Crippen molar-refractivity contribution in [3.05, 3.63) is 171 Å². The van der Waals surface area contributed by atoms with E-state index in [1.165, 1.54) is 37.3 Å². The summed E-state index contributed by atoms with van der Waals surface area (Å²) in [4.78, 5) is 16.0. The van der Waals surface area contributed by atoms with Crippen LogP contribution in [0, 0.1) is 13.7 Å². The minimum absolute atomic E-state index is 0.0932. The fraction of sp³-hybridized carbons (Fsp3) is 0.250. The fourth-order valence-corrected chi connectivity index (χ4v) is 8.84. The molecule has 0 fully saturated rings. The number of carbonyl (C=O) groups excluding carboxylic acids is 1. The van der Waals surface area contributed by atoms with E-state index in [9.17, 15) is 4.79 Å². The van der Waals surface area contributed by atoms with E-state index in [2.05, 4.69) is 123 Å². The van der Waals surface area contributed by atoms with E-state index in [1.807, 2.05) is 84.9 Å². The number of imidazole rings is 1. The predicted octanol–water partition coefficient (Wildman–Crippen LogP) is 12.4. The van der Waals surface area contributed by atoms with Gasteiger partial charge in [0.1, 0.15) is 0 Å². The summed E-state index contributed by atoms with van der Waals surface area (Å²) < 4.78 is 9.72. The van der Waals surface area contributed by atoms with Gasteiger partial charge in [-0.3, -0.25) is 0 Å². The molecule has 0 saturated heterocycles. The number of nitrogens with zero attached hydrogens (tertiary/aromatic N) is 3. The van der Waals surface area contributed by atoms with Crippen LogP contribution in [0.2, 0.25) is 0 Å². The number of amides is 1. The van der Waals surface area contributed by atoms with Crippen molar-refractivity contribution in [3.8, 4) is 21.4 Å². The van der Waals surface area contributed by atoms with Crippen molar-refractivity contribution >= 4 is 17.3 Å². The molecule has 4 nitrogen and oxygen atoms in total. The van der Waals surface area contributed by atoms with Crippen LogP contribution in [0.5, 0.6) is 0 Å². The summed E-state index contributed by atoms with van der Waals surface area (Å²) in [5, 5.41) is 0. The van der Waals surface area contributed by atoms with E-state index in [1.54, 1.807) is 4.90 Å². The maximum atomic E-state index is 14.2. The molecule has 274 valence electrons. The Morgan fingerprint density at radius 1 is 0.547 bits per heavy atom. The summed E-state index contributed by atoms with van der Waals surface area (Å²) >= 11 is -0.674. The molecule has 5 heteroatoms. The Hall–Kier alpha value is -4.92. The second-order valence-electron chi connectivity index (χ2n) is 14.6. The van der Waals surface area contributed by atoms with Gasteiger partial charge in [0.05, 0.1) is 0 Å². The van der Waals surface area contributed by atoms with Crippen molar-refractivity contribution < 1.29 is 24.1 Å². The Kier molecular flexibility index (Phi) is 12.0. The zero-order valence-electron chi connectivity index (χ0n) is 32.1. The fourth-order valence-electron chi connectivity index (χ4n) is 6.82. The van der Waals surface area contributed by atoms with E-state index in [0.717, 1.165) is 16.9 Å². The number of anilines is 2. The van der Waals surface area contributed by atoms with Crippen molar-refractivity contribution in [2.45, 2.75) is 79.1 Å². The molecule has 0 aliphatic carbocycles. The molecule has 5 aromatic carbocycles. The molecule has 53 heavy (non-hydrogen) atoms. The molecule has 1 heterocycles. The van der Waals surface area contributed by atoms with Crippen LogP contribution in [0.4, 0.5) is 11.4 Å². The molecule has 0 radical (unpaired) electrons. The Labute approximate surface area is 325 Å². The first kappa shape index (κ1) is 37.8. The number of carbonyl (C=O) groups is 1. The van der Waals surface area contributed by atoms with Gasteiger partial charge in [0.25, 0.3) is 0 Å². The third kappa shape index (κ3) is 8.19. The Morgan fingerprint density at radius 2 is 0.962 bits per heavy atom. The van der Waals surface area contributed by atoms with Crippen molar-refractivity contribution in [1.29, 1.82) is 0 Å². The number of benzene rings is 5. The maximum absolute atomic E-state index is 14.2. The van der Waals surface area contributed by atoms with E-state index >= 15 is 0 Å². The Bertz CT molecular complexity index is 2160. The van der Waals surface area contributed by atoms with Crippen molar-refractivity contribution in [2.24, 2.45) is 0 Å². The molecule has 0 spiro atoms. The van der Waals surface area contributed by atoms with Gasteiger partial charge in [0.2, 0.25) is 0 Å². The number of aromatic nitrogens is 2. The summed E-state index contributed by atoms with van der Waals surface area (Å²) in [5.41, 5.74) is 11.0. The predicted molar refractivity (Wildman–Crippen MR) is 217 cm³/mol. The zero-order chi connectivity index (χ0) is 37.6. The van der Waals surface area contributed by atoms with Gasteiger partial charge in [-0.1, -0.05) is 0 Å². The molecular weight excluding hydrogens is 832 g/mol. The Morgan fingerprint density at radius 3 is 1.38 bits per heavy atom. The number of hydrogen-bond donors (Lipinski definition) is 0. The van der Waals surface area contributed by atoms with E-state index in [0.29, 0.717) is 29.2 Å². The normalized spacial score (nSPS) is 11.4. The average molecular weight is 882 g/mol. The van der Waals surface area contributed by atoms with Crippen LogP contribution in [-0.2, 0) is 19.3 Å². The number of para-hydroxylation sites is 4. The standard InChI is InChI=1S/C27H36N2.C21H14NO.Au/c1-18(2)22-11-9-12-23(19(3)4)26(22)28-15-16-29(17-28)27-24(20(5)6)13-10-14-25(27)21(7)8;1-2-17-10-9-11-18(16-17)21(23)22(19-12-5-3-6-13-19)20-14-7-4-8-15-20;/h9-16,18-21H,1-8H3;3-16H;. The third-order valence-electron chi connectivity index (χ3n) is 9.52. The van der Waals surface area contributed by atoms with Gasteiger partial charge in [-0.15, -0.1) is 0 Å². The van der Waals surface area contributed by atoms with Gasteiger partial charge >= 0.3 is 327 Å². The van der Waals surface area contributed by atoms with Crippen LogP contribution in [0.1, 0.15) is 117 Å². The van der Waals surface area contributed by atoms with E-state index in [4.69, 9.17) is 0 Å². The zero-order valence-corrected chi connectivity index (χ0v) is 34.2. The van der Waals surface area contributed by atoms with Gasteiger partial charge in [0.15, 0.2) is 0 Å². The third-order valence-corrected chi connectivity index (χ3v) is 11.6. The summed E-state index contributed by atoms with van der Waals surface area (Å²) in [6.07, 6.45) is 4.51. The molecule has 6 aromatic rings. The van der Waals surface area contributed by atoms with Gasteiger partial charge in [0, 0.05) is 0 Å². The summed E-state index contributed by atoms with van der Waals surface area (Å²) in [5.74, 6) is 4.84. The molecule has 0 atom stereocenters. The van der Waals surface area contributed by atoms with E-state index in [-0.39, 0.29) is 5.91 Å². The summed E-state index contributed by atoms with van der Waals surface area (Å²) in [7, 11) is 0. The van der Waals surface area contributed by atoms with Gasteiger partial charge in [-0.05, 0) is 0 Å². The van der Waals surface area contributed by atoms with E-state index < -0.39 is 19.3 Å². The second-order valence-corrected chi connectivity index (χ2v) is 16.7. The number of rotatable bonds is 9. The first-order valence-corrected chi connectivity index (χ1v) is 20.7. The van der Waals surface area contributed by atoms with Crippen LogP contribution in [0.15, 0.2) is 134 Å². The minimum atomic E-state index is -0.674.